The molecule has 23 heavy (non-hydrogen) atoms. The summed E-state index contributed by atoms with van der Waals surface area (Å²) in [7, 11) is 0. The fourth-order valence-electron chi connectivity index (χ4n) is 2.84. The molecule has 1 aliphatic rings. The highest BCUT2D eigenvalue weighted by Crippen LogP contribution is 2.15. The monoisotopic (exact) mass is 320 g/mol. The maximum absolute atomic E-state index is 5.89. The molecule has 1 aromatic rings. The number of rotatable bonds is 11. The molecule has 0 radical (unpaired) electrons. The van der Waals surface area contributed by atoms with Gasteiger partial charge in [-0.05, 0) is 44.6 Å². The van der Waals surface area contributed by atoms with Gasteiger partial charge in [0.15, 0.2) is 6.29 Å². The number of hydrogen-bond donors (Lipinski definition) is 0. The topological polar surface area (TPSA) is 27.7 Å². The average Bonchev–Trinajstić information content (AvgIpc) is 2.61. The van der Waals surface area contributed by atoms with E-state index in [1.807, 2.05) is 6.07 Å². The van der Waals surface area contributed by atoms with Crippen molar-refractivity contribution in [2.24, 2.45) is 0 Å². The van der Waals surface area contributed by atoms with Crippen LogP contribution in [-0.2, 0) is 20.8 Å². The summed E-state index contributed by atoms with van der Waals surface area (Å²) in [6.07, 6.45) is 9.89. The first-order chi connectivity index (χ1) is 11.3. The lowest BCUT2D eigenvalue weighted by atomic mass is 10.1. The summed E-state index contributed by atoms with van der Waals surface area (Å²) in [5.74, 6) is 0. The largest absolute Gasteiger partial charge is 0.374 e. The Bertz CT molecular complexity index is 387. The highest BCUT2D eigenvalue weighted by atomic mass is 16.7. The Morgan fingerprint density at radius 2 is 1.91 bits per heavy atom. The van der Waals surface area contributed by atoms with E-state index in [0.717, 1.165) is 39.1 Å². The molecule has 0 amide bonds. The lowest BCUT2D eigenvalue weighted by molar-refractivity contribution is -0.162. The van der Waals surface area contributed by atoms with Crippen molar-refractivity contribution in [2.75, 3.05) is 13.2 Å². The molecule has 0 aliphatic carbocycles. The van der Waals surface area contributed by atoms with Crippen LogP contribution in [0.5, 0.6) is 0 Å². The summed E-state index contributed by atoms with van der Waals surface area (Å²) in [5, 5.41) is 0. The van der Waals surface area contributed by atoms with Gasteiger partial charge in [0, 0.05) is 13.2 Å². The Labute approximate surface area is 141 Å². The first-order valence-electron chi connectivity index (χ1n) is 9.23. The molecule has 2 atom stereocenters. The third kappa shape index (κ3) is 8.50. The van der Waals surface area contributed by atoms with E-state index in [-0.39, 0.29) is 6.29 Å². The van der Waals surface area contributed by atoms with Crippen LogP contribution in [-0.4, -0.2) is 25.6 Å². The molecule has 2 unspecified atom stereocenters. The van der Waals surface area contributed by atoms with E-state index in [1.165, 1.54) is 37.7 Å². The van der Waals surface area contributed by atoms with Crippen molar-refractivity contribution in [3.63, 3.8) is 0 Å². The van der Waals surface area contributed by atoms with E-state index >= 15 is 0 Å². The molecule has 0 saturated carbocycles. The van der Waals surface area contributed by atoms with Crippen LogP contribution in [0.1, 0.15) is 63.9 Å². The van der Waals surface area contributed by atoms with Gasteiger partial charge in [-0.15, -0.1) is 0 Å². The predicted octanol–water partition coefficient (Wildman–Crippen LogP) is 5.09. The van der Waals surface area contributed by atoms with Gasteiger partial charge in [0.2, 0.25) is 0 Å². The van der Waals surface area contributed by atoms with Crippen LogP contribution >= 0.6 is 0 Å². The molecule has 1 heterocycles. The van der Waals surface area contributed by atoms with Crippen LogP contribution in [0.3, 0.4) is 0 Å². The summed E-state index contributed by atoms with van der Waals surface area (Å²) < 4.78 is 17.2. The van der Waals surface area contributed by atoms with Gasteiger partial charge < -0.3 is 14.2 Å². The second-order valence-electron chi connectivity index (χ2n) is 6.48. The molecule has 3 nitrogen and oxygen atoms in total. The second-order valence-corrected chi connectivity index (χ2v) is 6.48. The average molecular weight is 320 g/mol. The van der Waals surface area contributed by atoms with Gasteiger partial charge in [0.1, 0.15) is 0 Å². The van der Waals surface area contributed by atoms with Gasteiger partial charge in [-0.2, -0.15) is 0 Å². The van der Waals surface area contributed by atoms with Crippen LogP contribution in [0.15, 0.2) is 30.3 Å². The molecule has 0 spiro atoms. The Balaban J connectivity index is 1.39. The van der Waals surface area contributed by atoms with E-state index in [0.29, 0.717) is 6.10 Å². The van der Waals surface area contributed by atoms with Crippen LogP contribution in [0.25, 0.3) is 0 Å². The highest BCUT2D eigenvalue weighted by Gasteiger charge is 2.13. The van der Waals surface area contributed by atoms with Crippen LogP contribution < -0.4 is 0 Å². The first kappa shape index (κ1) is 18.4. The zero-order valence-corrected chi connectivity index (χ0v) is 14.5. The van der Waals surface area contributed by atoms with Crippen molar-refractivity contribution in [3.05, 3.63) is 35.9 Å². The molecule has 1 saturated heterocycles. The zero-order valence-electron chi connectivity index (χ0n) is 14.5. The Kier molecular flexibility index (Phi) is 9.31. The van der Waals surface area contributed by atoms with Gasteiger partial charge in [-0.1, -0.05) is 49.6 Å². The molecule has 2 rings (SSSR count). The lowest BCUT2D eigenvalue weighted by Gasteiger charge is -2.22. The van der Waals surface area contributed by atoms with E-state index in [9.17, 15) is 0 Å². The quantitative estimate of drug-likeness (QED) is 0.532. The molecule has 0 bridgehead atoms. The summed E-state index contributed by atoms with van der Waals surface area (Å²) in [6, 6.07) is 10.4. The van der Waals surface area contributed by atoms with Crippen molar-refractivity contribution < 1.29 is 14.2 Å². The summed E-state index contributed by atoms with van der Waals surface area (Å²) in [5.41, 5.74) is 1.25. The van der Waals surface area contributed by atoms with Crippen LogP contribution in [0, 0.1) is 0 Å². The third-order valence-corrected chi connectivity index (χ3v) is 4.32. The second kappa shape index (κ2) is 11.6. The van der Waals surface area contributed by atoms with E-state index in [2.05, 4.69) is 31.2 Å². The molecular formula is C20H32O3. The molecular weight excluding hydrogens is 288 g/mol. The highest BCUT2D eigenvalue weighted by molar-refractivity contribution is 5.13. The van der Waals surface area contributed by atoms with Crippen molar-refractivity contribution >= 4 is 0 Å². The van der Waals surface area contributed by atoms with Crippen LogP contribution in [0.2, 0.25) is 0 Å². The molecule has 3 heteroatoms. The number of ether oxygens (including phenoxy) is 3. The number of benzene rings is 1. The van der Waals surface area contributed by atoms with Gasteiger partial charge in [-0.25, -0.2) is 0 Å². The van der Waals surface area contributed by atoms with Crippen molar-refractivity contribution in [3.8, 4) is 0 Å². The SMILES string of the molecule is CC(CCCCCCOC1CCCCO1)OCc1ccccc1. The zero-order chi connectivity index (χ0) is 16.2. The fraction of sp³-hybridized carbons (Fsp3) is 0.700. The maximum atomic E-state index is 5.89. The smallest absolute Gasteiger partial charge is 0.157 e. The van der Waals surface area contributed by atoms with Gasteiger partial charge in [0.25, 0.3) is 0 Å². The van der Waals surface area contributed by atoms with Crippen molar-refractivity contribution in [1.82, 2.24) is 0 Å². The first-order valence-corrected chi connectivity index (χ1v) is 9.23. The molecule has 130 valence electrons. The van der Waals surface area contributed by atoms with Crippen molar-refractivity contribution in [1.29, 1.82) is 0 Å². The molecule has 1 aromatic carbocycles. The normalized spacial score (nSPS) is 19.6. The van der Waals surface area contributed by atoms with Crippen LogP contribution in [0.4, 0.5) is 0 Å². The van der Waals surface area contributed by atoms with Gasteiger partial charge >= 0.3 is 0 Å². The van der Waals surface area contributed by atoms with Gasteiger partial charge in [-0.3, -0.25) is 0 Å². The summed E-state index contributed by atoms with van der Waals surface area (Å²) >= 11 is 0. The molecule has 1 fully saturated rings. The Hall–Kier alpha value is -0.900. The summed E-state index contributed by atoms with van der Waals surface area (Å²) in [4.78, 5) is 0. The lowest BCUT2D eigenvalue weighted by Crippen LogP contribution is -2.22. The number of hydrogen-bond acceptors (Lipinski definition) is 3. The van der Waals surface area contributed by atoms with E-state index < -0.39 is 0 Å². The van der Waals surface area contributed by atoms with Crippen molar-refractivity contribution in [2.45, 2.75) is 77.3 Å². The maximum Gasteiger partial charge on any atom is 0.157 e. The molecule has 0 aromatic heterocycles. The molecule has 0 N–H and O–H groups in total. The van der Waals surface area contributed by atoms with E-state index in [4.69, 9.17) is 14.2 Å². The minimum absolute atomic E-state index is 0.0650. The predicted molar refractivity (Wildman–Crippen MR) is 93.3 cm³/mol. The summed E-state index contributed by atoms with van der Waals surface area (Å²) in [6.45, 7) is 4.60. The Morgan fingerprint density at radius 1 is 1.09 bits per heavy atom. The third-order valence-electron chi connectivity index (χ3n) is 4.32. The minimum Gasteiger partial charge on any atom is -0.374 e. The molecule has 1 aliphatic heterocycles. The van der Waals surface area contributed by atoms with Gasteiger partial charge in [0.05, 0.1) is 12.7 Å². The van der Waals surface area contributed by atoms with E-state index in [1.54, 1.807) is 0 Å². The standard InChI is InChI=1S/C20H32O3/c1-18(23-17-19-12-6-4-7-13-19)11-5-2-3-9-15-21-20-14-8-10-16-22-20/h4,6-7,12-13,18,20H,2-3,5,8-11,14-17H2,1H3. The number of unbranched alkanes of at least 4 members (excludes halogenated alkanes) is 3. The minimum atomic E-state index is 0.0650. The fourth-order valence-corrected chi connectivity index (χ4v) is 2.84. The Morgan fingerprint density at radius 3 is 2.70 bits per heavy atom.